The van der Waals surface area contributed by atoms with Gasteiger partial charge in [0.15, 0.2) is 0 Å². The first-order chi connectivity index (χ1) is 7.59. The first-order valence-corrected chi connectivity index (χ1v) is 5.55. The summed E-state index contributed by atoms with van der Waals surface area (Å²) in [5.74, 6) is 0.250. The lowest BCUT2D eigenvalue weighted by molar-refractivity contribution is 0.107. The molecule has 0 amide bonds. The van der Waals surface area contributed by atoms with Crippen LogP contribution in [0.2, 0.25) is 0 Å². The van der Waals surface area contributed by atoms with Gasteiger partial charge in [-0.25, -0.2) is 4.79 Å². The van der Waals surface area contributed by atoms with Crippen LogP contribution in [0.25, 0.3) is 0 Å². The molecule has 0 aromatic carbocycles. The molecule has 3 N–H and O–H groups in total. The Balaban J connectivity index is 2.51. The summed E-state index contributed by atoms with van der Waals surface area (Å²) < 4.78 is 5.39. The molecule has 0 saturated heterocycles. The fourth-order valence-corrected chi connectivity index (χ4v) is 1.88. The summed E-state index contributed by atoms with van der Waals surface area (Å²) in [6.45, 7) is 5.17. The van der Waals surface area contributed by atoms with E-state index in [9.17, 15) is 4.79 Å². The third-order valence-corrected chi connectivity index (χ3v) is 2.93. The first-order valence-electron chi connectivity index (χ1n) is 5.55. The van der Waals surface area contributed by atoms with Crippen molar-refractivity contribution in [2.75, 3.05) is 6.61 Å². The van der Waals surface area contributed by atoms with Gasteiger partial charge in [-0.3, -0.25) is 0 Å². The number of fused-ring (bicyclic) bond motifs is 1. The monoisotopic (exact) mass is 223 g/mol. The van der Waals surface area contributed by atoms with Gasteiger partial charge >= 0.3 is 5.69 Å². The number of nitrogens with zero attached hydrogens (tertiary/aromatic N) is 1. The van der Waals surface area contributed by atoms with E-state index in [1.165, 1.54) is 0 Å². The normalized spacial score (nSPS) is 17.2. The zero-order chi connectivity index (χ0) is 11.7. The molecule has 1 atom stereocenters. The average Bonchev–Trinajstić information content (AvgIpc) is 2.26. The molecule has 0 radical (unpaired) electrons. The van der Waals surface area contributed by atoms with Gasteiger partial charge in [-0.15, -0.1) is 0 Å². The lowest BCUT2D eigenvalue weighted by Gasteiger charge is -2.23. The van der Waals surface area contributed by atoms with Crippen molar-refractivity contribution in [3.05, 3.63) is 27.4 Å². The minimum atomic E-state index is -0.313. The highest BCUT2D eigenvalue weighted by Crippen LogP contribution is 2.24. The second-order valence-electron chi connectivity index (χ2n) is 4.46. The van der Waals surface area contributed by atoms with E-state index in [1.54, 1.807) is 0 Å². The van der Waals surface area contributed by atoms with Gasteiger partial charge in [0.1, 0.15) is 0 Å². The molecule has 1 aromatic rings. The Hall–Kier alpha value is -1.20. The Kier molecular flexibility index (Phi) is 3.07. The molecule has 5 heteroatoms. The molecule has 0 saturated carbocycles. The number of hydrogen-bond donors (Lipinski definition) is 2. The molecule has 0 bridgehead atoms. The highest BCUT2D eigenvalue weighted by Gasteiger charge is 2.22. The Morgan fingerprint density at radius 2 is 2.25 bits per heavy atom. The molecule has 5 nitrogen and oxygen atoms in total. The summed E-state index contributed by atoms with van der Waals surface area (Å²) in [7, 11) is 0. The van der Waals surface area contributed by atoms with E-state index in [2.05, 4.69) is 9.97 Å². The van der Waals surface area contributed by atoms with Gasteiger partial charge < -0.3 is 15.5 Å². The smallest absolute Gasteiger partial charge is 0.345 e. The summed E-state index contributed by atoms with van der Waals surface area (Å²) in [5, 5.41) is 0. The minimum absolute atomic E-state index is 0.210. The zero-order valence-corrected chi connectivity index (χ0v) is 9.62. The molecule has 88 valence electrons. The molecule has 1 aliphatic rings. The highest BCUT2D eigenvalue weighted by atomic mass is 16.5. The number of nitrogens with two attached hydrogens (primary N) is 1. The van der Waals surface area contributed by atoms with Crippen LogP contribution in [0.15, 0.2) is 4.79 Å². The van der Waals surface area contributed by atoms with Crippen LogP contribution in [0.1, 0.15) is 36.8 Å². The second kappa shape index (κ2) is 4.35. The van der Waals surface area contributed by atoms with Crippen molar-refractivity contribution >= 4 is 0 Å². The van der Waals surface area contributed by atoms with Crippen molar-refractivity contribution in [2.24, 2.45) is 11.7 Å². The van der Waals surface area contributed by atoms with E-state index < -0.39 is 0 Å². The molecule has 2 heterocycles. The number of aromatic nitrogens is 2. The van der Waals surface area contributed by atoms with E-state index in [0.29, 0.717) is 18.9 Å². The van der Waals surface area contributed by atoms with E-state index in [-0.39, 0.29) is 17.6 Å². The standard InChI is InChI=1S/C11H17N3O2/c1-6(2)9(12)10-7-5-16-4-3-8(7)13-11(15)14-10/h6,9H,3-5,12H2,1-2H3,(H,13,14,15). The summed E-state index contributed by atoms with van der Waals surface area (Å²) in [4.78, 5) is 18.2. The molecule has 0 spiro atoms. The maximum atomic E-state index is 11.4. The molecule has 16 heavy (non-hydrogen) atoms. The zero-order valence-electron chi connectivity index (χ0n) is 9.62. The van der Waals surface area contributed by atoms with E-state index in [0.717, 1.165) is 17.7 Å². The molecular formula is C11H17N3O2. The fraction of sp³-hybridized carbons (Fsp3) is 0.636. The molecule has 0 fully saturated rings. The number of H-pyrrole nitrogens is 1. The largest absolute Gasteiger partial charge is 0.376 e. The summed E-state index contributed by atoms with van der Waals surface area (Å²) >= 11 is 0. The lowest BCUT2D eigenvalue weighted by Crippen LogP contribution is -2.29. The number of aromatic amines is 1. The number of hydrogen-bond acceptors (Lipinski definition) is 4. The molecule has 1 aliphatic heterocycles. The third-order valence-electron chi connectivity index (χ3n) is 2.93. The van der Waals surface area contributed by atoms with Gasteiger partial charge in [0.2, 0.25) is 0 Å². The van der Waals surface area contributed by atoms with Crippen LogP contribution >= 0.6 is 0 Å². The van der Waals surface area contributed by atoms with E-state index in [1.807, 2.05) is 13.8 Å². The Morgan fingerprint density at radius 1 is 1.50 bits per heavy atom. The first kappa shape index (κ1) is 11.3. The molecular weight excluding hydrogens is 206 g/mol. The fourth-order valence-electron chi connectivity index (χ4n) is 1.88. The van der Waals surface area contributed by atoms with Crippen LogP contribution < -0.4 is 11.4 Å². The Bertz CT molecular complexity index is 439. The van der Waals surface area contributed by atoms with Gasteiger partial charge in [-0.05, 0) is 5.92 Å². The van der Waals surface area contributed by atoms with Gasteiger partial charge in [0.25, 0.3) is 0 Å². The number of rotatable bonds is 2. The quantitative estimate of drug-likeness (QED) is 0.765. The summed E-state index contributed by atoms with van der Waals surface area (Å²) in [6.07, 6.45) is 0.727. The Morgan fingerprint density at radius 3 is 2.94 bits per heavy atom. The van der Waals surface area contributed by atoms with Crippen LogP contribution in [0.3, 0.4) is 0 Å². The van der Waals surface area contributed by atoms with Crippen molar-refractivity contribution in [3.63, 3.8) is 0 Å². The molecule has 1 aromatic heterocycles. The summed E-state index contributed by atoms with van der Waals surface area (Å²) in [5.41, 5.74) is 8.33. The maximum Gasteiger partial charge on any atom is 0.345 e. The van der Waals surface area contributed by atoms with Crippen LogP contribution in [0, 0.1) is 5.92 Å². The van der Waals surface area contributed by atoms with Gasteiger partial charge in [-0.2, -0.15) is 4.98 Å². The van der Waals surface area contributed by atoms with Crippen molar-refractivity contribution in [1.29, 1.82) is 0 Å². The van der Waals surface area contributed by atoms with Crippen molar-refractivity contribution in [2.45, 2.75) is 32.9 Å². The minimum Gasteiger partial charge on any atom is -0.376 e. The molecule has 0 aliphatic carbocycles. The maximum absolute atomic E-state index is 11.4. The van der Waals surface area contributed by atoms with Gasteiger partial charge in [0.05, 0.1) is 18.9 Å². The second-order valence-corrected chi connectivity index (χ2v) is 4.46. The molecule has 1 unspecified atom stereocenters. The van der Waals surface area contributed by atoms with E-state index >= 15 is 0 Å². The van der Waals surface area contributed by atoms with Gasteiger partial charge in [-0.1, -0.05) is 13.8 Å². The Labute approximate surface area is 94.0 Å². The average molecular weight is 223 g/mol. The topological polar surface area (TPSA) is 81.0 Å². The van der Waals surface area contributed by atoms with Gasteiger partial charge in [0, 0.05) is 23.7 Å². The summed E-state index contributed by atoms with van der Waals surface area (Å²) in [6, 6.07) is -0.210. The predicted octanol–water partition coefficient (Wildman–Crippen LogP) is 0.498. The van der Waals surface area contributed by atoms with Crippen LogP contribution in [0.5, 0.6) is 0 Å². The third kappa shape index (κ3) is 2.01. The van der Waals surface area contributed by atoms with Crippen molar-refractivity contribution < 1.29 is 4.74 Å². The molecule has 2 rings (SSSR count). The van der Waals surface area contributed by atoms with Crippen molar-refractivity contribution in [3.8, 4) is 0 Å². The number of ether oxygens (including phenoxy) is 1. The number of nitrogens with one attached hydrogen (secondary N) is 1. The van der Waals surface area contributed by atoms with Crippen LogP contribution in [-0.4, -0.2) is 16.6 Å². The van der Waals surface area contributed by atoms with E-state index in [4.69, 9.17) is 10.5 Å². The van der Waals surface area contributed by atoms with Crippen LogP contribution in [0.4, 0.5) is 0 Å². The lowest BCUT2D eigenvalue weighted by atomic mass is 9.96. The predicted molar refractivity (Wildman–Crippen MR) is 60.0 cm³/mol. The SMILES string of the molecule is CC(C)C(N)c1nc(=O)[nH]c2c1COCC2. The highest BCUT2D eigenvalue weighted by molar-refractivity contribution is 5.28. The van der Waals surface area contributed by atoms with Crippen molar-refractivity contribution in [1.82, 2.24) is 9.97 Å². The van der Waals surface area contributed by atoms with Crippen LogP contribution in [-0.2, 0) is 17.8 Å².